The molecular weight excluding hydrogens is 513 g/mol. The summed E-state index contributed by atoms with van der Waals surface area (Å²) in [6.45, 7) is 3.67. The zero-order valence-corrected chi connectivity index (χ0v) is 22.6. The van der Waals surface area contributed by atoms with Crippen LogP contribution in [-0.4, -0.2) is 57.6 Å². The molecule has 0 saturated heterocycles. The summed E-state index contributed by atoms with van der Waals surface area (Å²) >= 11 is 12.2. The van der Waals surface area contributed by atoms with E-state index in [4.69, 9.17) is 27.9 Å². The van der Waals surface area contributed by atoms with Crippen LogP contribution in [-0.2, 0) is 26.2 Å². The highest BCUT2D eigenvalue weighted by Gasteiger charge is 2.30. The van der Waals surface area contributed by atoms with Crippen LogP contribution in [0.2, 0.25) is 10.0 Å². The van der Waals surface area contributed by atoms with E-state index < -0.39 is 28.5 Å². The van der Waals surface area contributed by atoms with E-state index in [2.05, 4.69) is 5.32 Å². The van der Waals surface area contributed by atoms with Gasteiger partial charge in [-0.1, -0.05) is 48.7 Å². The molecule has 0 aliphatic carbocycles. The lowest BCUT2D eigenvalue weighted by molar-refractivity contribution is -0.139. The van der Waals surface area contributed by atoms with Crippen LogP contribution in [0.5, 0.6) is 5.75 Å². The Hall–Kier alpha value is -2.49. The highest BCUT2D eigenvalue weighted by molar-refractivity contribution is 7.92. The fourth-order valence-electron chi connectivity index (χ4n) is 3.32. The van der Waals surface area contributed by atoms with Crippen molar-refractivity contribution in [3.8, 4) is 5.75 Å². The molecule has 11 heteroatoms. The lowest BCUT2D eigenvalue weighted by atomic mass is 10.1. The fourth-order valence-corrected chi connectivity index (χ4v) is 4.75. The van der Waals surface area contributed by atoms with Crippen LogP contribution < -0.4 is 14.4 Å². The van der Waals surface area contributed by atoms with Gasteiger partial charge in [0.1, 0.15) is 18.3 Å². The first-order chi connectivity index (χ1) is 16.5. The smallest absolute Gasteiger partial charge is 0.244 e. The van der Waals surface area contributed by atoms with Gasteiger partial charge in [-0.2, -0.15) is 0 Å². The minimum atomic E-state index is -3.89. The zero-order valence-electron chi connectivity index (χ0n) is 20.3. The van der Waals surface area contributed by atoms with E-state index >= 15 is 0 Å². The van der Waals surface area contributed by atoms with Crippen LogP contribution in [0.1, 0.15) is 32.3 Å². The molecule has 8 nitrogen and oxygen atoms in total. The largest absolute Gasteiger partial charge is 0.497 e. The van der Waals surface area contributed by atoms with Crippen molar-refractivity contribution in [2.75, 3.05) is 30.8 Å². The van der Waals surface area contributed by atoms with E-state index in [1.54, 1.807) is 38.3 Å². The van der Waals surface area contributed by atoms with Gasteiger partial charge < -0.3 is 15.0 Å². The molecule has 192 valence electrons. The number of nitrogens with zero attached hydrogens (tertiary/aromatic N) is 2. The van der Waals surface area contributed by atoms with Gasteiger partial charge in [0.05, 0.1) is 24.1 Å². The number of hydrogen-bond donors (Lipinski definition) is 1. The monoisotopic (exact) mass is 543 g/mol. The molecule has 1 atom stereocenters. The molecule has 1 N–H and O–H groups in total. The third kappa shape index (κ3) is 8.30. The lowest BCUT2D eigenvalue weighted by Crippen LogP contribution is -2.51. The number of carbonyl (C=O) groups excluding carboxylic acids is 2. The van der Waals surface area contributed by atoms with Crippen LogP contribution in [0.3, 0.4) is 0 Å². The summed E-state index contributed by atoms with van der Waals surface area (Å²) < 4.78 is 31.3. The average molecular weight is 545 g/mol. The first-order valence-corrected chi connectivity index (χ1v) is 13.7. The van der Waals surface area contributed by atoms with Crippen molar-refractivity contribution >= 4 is 50.7 Å². The van der Waals surface area contributed by atoms with Crippen LogP contribution in [0.25, 0.3) is 0 Å². The number of ether oxygens (including phenoxy) is 1. The number of carbonyl (C=O) groups is 2. The third-order valence-electron chi connectivity index (χ3n) is 5.37. The van der Waals surface area contributed by atoms with Crippen LogP contribution in [0.4, 0.5) is 5.69 Å². The molecule has 0 heterocycles. The van der Waals surface area contributed by atoms with Gasteiger partial charge in [-0.05, 0) is 49.2 Å². The van der Waals surface area contributed by atoms with E-state index in [1.165, 1.54) is 23.1 Å². The number of nitrogens with one attached hydrogen (secondary N) is 1. The van der Waals surface area contributed by atoms with Gasteiger partial charge in [0.25, 0.3) is 0 Å². The standard InChI is InChI=1S/C24H31Cl2N3O5S/c1-5-6-13-27-24(31)17(2)28(15-18-7-10-20(34-3)11-8-18)23(30)16-29(35(4,32)33)22-12-9-19(25)14-21(22)26/h7-12,14,17H,5-6,13,15-16H2,1-4H3,(H,27,31). The van der Waals surface area contributed by atoms with Crippen LogP contribution >= 0.6 is 23.2 Å². The van der Waals surface area contributed by atoms with Crippen LogP contribution in [0.15, 0.2) is 42.5 Å². The maximum absolute atomic E-state index is 13.5. The number of hydrogen-bond acceptors (Lipinski definition) is 5. The number of sulfonamides is 1. The molecule has 0 saturated carbocycles. The highest BCUT2D eigenvalue weighted by atomic mass is 35.5. The maximum atomic E-state index is 13.5. The molecule has 0 fully saturated rings. The van der Waals surface area contributed by atoms with E-state index in [-0.39, 0.29) is 23.2 Å². The molecule has 0 radical (unpaired) electrons. The second-order valence-corrected chi connectivity index (χ2v) is 10.8. The van der Waals surface area contributed by atoms with Crippen molar-refractivity contribution in [2.45, 2.75) is 39.3 Å². The molecule has 2 aromatic rings. The Bertz CT molecular complexity index is 1130. The Labute approximate surface area is 217 Å². The predicted octanol–water partition coefficient (Wildman–Crippen LogP) is 4.10. The van der Waals surface area contributed by atoms with Crippen molar-refractivity contribution in [1.82, 2.24) is 10.2 Å². The molecule has 0 aliphatic rings. The van der Waals surface area contributed by atoms with E-state index in [0.717, 1.165) is 29.0 Å². The predicted molar refractivity (Wildman–Crippen MR) is 140 cm³/mol. The Morgan fingerprint density at radius 2 is 1.77 bits per heavy atom. The second kappa shape index (κ2) is 13.0. The second-order valence-electron chi connectivity index (χ2n) is 8.06. The Morgan fingerprint density at radius 1 is 1.11 bits per heavy atom. The minimum absolute atomic E-state index is 0.0859. The number of methoxy groups -OCH3 is 1. The number of rotatable bonds is 12. The van der Waals surface area contributed by atoms with Crippen molar-refractivity contribution < 1.29 is 22.7 Å². The molecule has 0 aromatic heterocycles. The Balaban J connectivity index is 2.37. The van der Waals surface area contributed by atoms with E-state index in [1.807, 2.05) is 6.92 Å². The summed E-state index contributed by atoms with van der Waals surface area (Å²) in [5.41, 5.74) is 0.874. The Morgan fingerprint density at radius 3 is 2.31 bits per heavy atom. The molecular formula is C24H31Cl2N3O5S. The topological polar surface area (TPSA) is 96.0 Å². The number of halogens is 2. The average Bonchev–Trinajstić information content (AvgIpc) is 2.80. The van der Waals surface area contributed by atoms with E-state index in [9.17, 15) is 18.0 Å². The number of benzene rings is 2. The first kappa shape index (κ1) is 28.7. The molecule has 1 unspecified atom stereocenters. The molecule has 0 bridgehead atoms. The van der Waals surface area contributed by atoms with Crippen LogP contribution in [0, 0.1) is 0 Å². The Kier molecular flexibility index (Phi) is 10.7. The lowest BCUT2D eigenvalue weighted by Gasteiger charge is -2.31. The highest BCUT2D eigenvalue weighted by Crippen LogP contribution is 2.30. The maximum Gasteiger partial charge on any atom is 0.244 e. The summed E-state index contributed by atoms with van der Waals surface area (Å²) in [5, 5.41) is 3.25. The van der Waals surface area contributed by atoms with Gasteiger partial charge in [-0.3, -0.25) is 13.9 Å². The summed E-state index contributed by atoms with van der Waals surface area (Å²) in [4.78, 5) is 27.7. The van der Waals surface area contributed by atoms with Gasteiger partial charge in [0.2, 0.25) is 21.8 Å². The quantitative estimate of drug-likeness (QED) is 0.406. The summed E-state index contributed by atoms with van der Waals surface area (Å²) in [6.07, 6.45) is 2.70. The molecule has 0 spiro atoms. The molecule has 0 aliphatic heterocycles. The van der Waals surface area contributed by atoms with Gasteiger partial charge >= 0.3 is 0 Å². The first-order valence-electron chi connectivity index (χ1n) is 11.1. The van der Waals surface area contributed by atoms with Gasteiger partial charge in [-0.15, -0.1) is 0 Å². The molecule has 35 heavy (non-hydrogen) atoms. The number of unbranched alkanes of at least 4 members (excludes halogenated alkanes) is 1. The minimum Gasteiger partial charge on any atom is -0.497 e. The number of amides is 2. The van der Waals surface area contributed by atoms with E-state index in [0.29, 0.717) is 17.3 Å². The normalized spacial score (nSPS) is 12.1. The van der Waals surface area contributed by atoms with Crippen molar-refractivity contribution in [1.29, 1.82) is 0 Å². The SMILES string of the molecule is CCCCNC(=O)C(C)N(Cc1ccc(OC)cc1)C(=O)CN(c1ccc(Cl)cc1Cl)S(C)(=O)=O. The van der Waals surface area contributed by atoms with Crippen molar-refractivity contribution in [2.24, 2.45) is 0 Å². The molecule has 2 rings (SSSR count). The number of anilines is 1. The van der Waals surface area contributed by atoms with Gasteiger partial charge in [0, 0.05) is 18.1 Å². The molecule has 2 amide bonds. The van der Waals surface area contributed by atoms with Gasteiger partial charge in [-0.25, -0.2) is 8.42 Å². The van der Waals surface area contributed by atoms with Crippen molar-refractivity contribution in [3.63, 3.8) is 0 Å². The molecule has 2 aromatic carbocycles. The summed E-state index contributed by atoms with van der Waals surface area (Å²) in [7, 11) is -2.34. The van der Waals surface area contributed by atoms with Gasteiger partial charge in [0.15, 0.2) is 0 Å². The summed E-state index contributed by atoms with van der Waals surface area (Å²) in [6, 6.07) is 10.6. The fraction of sp³-hybridized carbons (Fsp3) is 0.417. The zero-order chi connectivity index (χ0) is 26.2. The summed E-state index contributed by atoms with van der Waals surface area (Å²) in [5.74, 6) is -0.233. The van der Waals surface area contributed by atoms with Crippen molar-refractivity contribution in [3.05, 3.63) is 58.1 Å². The third-order valence-corrected chi connectivity index (χ3v) is 7.03.